The normalized spacial score (nSPS) is 24.9. The molecule has 0 spiro atoms. The van der Waals surface area contributed by atoms with Crippen LogP contribution in [0.1, 0.15) is 35.7 Å². The molecular weight excluding hydrogens is 292 g/mol. The molecule has 2 aliphatic heterocycles. The van der Waals surface area contributed by atoms with Gasteiger partial charge in [0.1, 0.15) is 0 Å². The summed E-state index contributed by atoms with van der Waals surface area (Å²) in [5.41, 5.74) is 2.15. The van der Waals surface area contributed by atoms with Gasteiger partial charge in [0.05, 0.1) is 0 Å². The third-order valence-corrected chi connectivity index (χ3v) is 5.93. The molecule has 0 aromatic heterocycles. The van der Waals surface area contributed by atoms with Crippen LogP contribution >= 0.6 is 11.8 Å². The fourth-order valence-electron chi connectivity index (χ4n) is 3.57. The van der Waals surface area contributed by atoms with Gasteiger partial charge < -0.3 is 10.2 Å². The third-order valence-electron chi connectivity index (χ3n) is 4.98. The molecule has 2 aliphatic rings. The predicted molar refractivity (Wildman–Crippen MR) is 93.3 cm³/mol. The number of amides is 1. The average molecular weight is 318 g/mol. The van der Waals surface area contributed by atoms with Crippen LogP contribution in [0.3, 0.4) is 0 Å². The van der Waals surface area contributed by atoms with Crippen molar-refractivity contribution in [1.29, 1.82) is 0 Å². The second-order valence-corrected chi connectivity index (χ2v) is 7.66. The number of carbonyl (C=O) groups excluding carboxylic acids is 1. The molecular formula is C18H26N2OS. The minimum atomic E-state index is 0.211. The summed E-state index contributed by atoms with van der Waals surface area (Å²) in [6, 6.07) is 8.21. The molecule has 1 aromatic carbocycles. The van der Waals surface area contributed by atoms with Crippen LogP contribution in [-0.4, -0.2) is 42.7 Å². The van der Waals surface area contributed by atoms with Gasteiger partial charge in [-0.05, 0) is 61.2 Å². The first kappa shape index (κ1) is 15.9. The first-order chi connectivity index (χ1) is 10.8. The van der Waals surface area contributed by atoms with Crippen molar-refractivity contribution < 1.29 is 4.79 Å². The zero-order valence-electron chi connectivity index (χ0n) is 13.4. The monoisotopic (exact) mass is 318 g/mol. The quantitative estimate of drug-likeness (QED) is 0.926. The van der Waals surface area contributed by atoms with E-state index in [-0.39, 0.29) is 5.91 Å². The van der Waals surface area contributed by atoms with Crippen molar-refractivity contribution in [3.8, 4) is 0 Å². The predicted octanol–water partition coefficient (Wildman–Crippen LogP) is 3.01. The first-order valence-electron chi connectivity index (χ1n) is 8.44. The summed E-state index contributed by atoms with van der Waals surface area (Å²) in [6.45, 7) is 6.27. The highest BCUT2D eigenvalue weighted by atomic mass is 32.2. The lowest BCUT2D eigenvalue weighted by atomic mass is 9.92. The van der Waals surface area contributed by atoms with Crippen molar-refractivity contribution in [2.24, 2.45) is 11.8 Å². The molecule has 1 aromatic rings. The molecule has 22 heavy (non-hydrogen) atoms. The fraction of sp³-hybridized carbons (Fsp3) is 0.611. The lowest BCUT2D eigenvalue weighted by Gasteiger charge is -2.21. The minimum Gasteiger partial charge on any atom is -0.339 e. The van der Waals surface area contributed by atoms with Crippen molar-refractivity contribution in [2.45, 2.75) is 25.5 Å². The second kappa shape index (κ2) is 7.51. The van der Waals surface area contributed by atoms with Crippen LogP contribution in [0.15, 0.2) is 24.3 Å². The molecule has 4 heteroatoms. The van der Waals surface area contributed by atoms with E-state index in [0.717, 1.165) is 67.9 Å². The van der Waals surface area contributed by atoms with Crippen molar-refractivity contribution in [1.82, 2.24) is 10.2 Å². The molecule has 3 nitrogen and oxygen atoms in total. The zero-order valence-corrected chi connectivity index (χ0v) is 14.2. The zero-order chi connectivity index (χ0) is 15.4. The smallest absolute Gasteiger partial charge is 0.253 e. The summed E-state index contributed by atoms with van der Waals surface area (Å²) in [5, 5.41) is 3.49. The molecule has 2 atom stereocenters. The maximum Gasteiger partial charge on any atom is 0.253 e. The number of thioether (sulfide) groups is 1. The molecule has 2 heterocycles. The molecule has 0 bridgehead atoms. The molecule has 0 unspecified atom stereocenters. The highest BCUT2D eigenvalue weighted by molar-refractivity contribution is 7.98. The Morgan fingerprint density at radius 3 is 2.41 bits per heavy atom. The lowest BCUT2D eigenvalue weighted by molar-refractivity contribution is 0.0758. The summed E-state index contributed by atoms with van der Waals surface area (Å²) in [4.78, 5) is 14.8. The van der Waals surface area contributed by atoms with E-state index in [1.807, 2.05) is 23.9 Å². The summed E-state index contributed by atoms with van der Waals surface area (Å²) < 4.78 is 0. The first-order valence-corrected chi connectivity index (χ1v) is 9.60. The Balaban J connectivity index is 1.60. The topological polar surface area (TPSA) is 32.3 Å². The molecule has 0 saturated carbocycles. The van der Waals surface area contributed by atoms with E-state index in [1.165, 1.54) is 5.56 Å². The number of benzene rings is 1. The van der Waals surface area contributed by atoms with Gasteiger partial charge in [0.2, 0.25) is 0 Å². The molecule has 0 aliphatic carbocycles. The lowest BCUT2D eigenvalue weighted by Crippen LogP contribution is -2.32. The van der Waals surface area contributed by atoms with Crippen molar-refractivity contribution >= 4 is 17.7 Å². The number of hydrogen-bond donors (Lipinski definition) is 1. The van der Waals surface area contributed by atoms with E-state index >= 15 is 0 Å². The van der Waals surface area contributed by atoms with Crippen LogP contribution < -0.4 is 5.32 Å². The summed E-state index contributed by atoms with van der Waals surface area (Å²) in [6.07, 6.45) is 2.29. The maximum absolute atomic E-state index is 12.7. The van der Waals surface area contributed by atoms with Crippen LogP contribution in [0.4, 0.5) is 0 Å². The number of rotatable bonds is 4. The Morgan fingerprint density at radius 2 is 1.82 bits per heavy atom. The Kier molecular flexibility index (Phi) is 5.42. The number of nitrogens with one attached hydrogen (secondary N) is 1. The maximum atomic E-state index is 12.7. The Labute approximate surface area is 137 Å². The molecule has 0 radical (unpaired) electrons. The van der Waals surface area contributed by atoms with Gasteiger partial charge in [0, 0.05) is 24.4 Å². The van der Waals surface area contributed by atoms with E-state index in [9.17, 15) is 4.79 Å². The minimum absolute atomic E-state index is 0.211. The van der Waals surface area contributed by atoms with E-state index < -0.39 is 0 Å². The molecule has 120 valence electrons. The average Bonchev–Trinajstić information content (AvgIpc) is 2.91. The van der Waals surface area contributed by atoms with Gasteiger partial charge in [-0.15, -0.1) is 0 Å². The number of nitrogens with zero attached hydrogens (tertiary/aromatic N) is 1. The summed E-state index contributed by atoms with van der Waals surface area (Å²) in [7, 11) is 0. The van der Waals surface area contributed by atoms with Crippen molar-refractivity contribution in [3.05, 3.63) is 35.4 Å². The van der Waals surface area contributed by atoms with Gasteiger partial charge in [-0.1, -0.05) is 19.1 Å². The number of hydrogen-bond acceptors (Lipinski definition) is 3. The van der Waals surface area contributed by atoms with E-state index in [1.54, 1.807) is 0 Å². The Morgan fingerprint density at radius 1 is 1.18 bits per heavy atom. The molecule has 1 N–H and O–H groups in total. The van der Waals surface area contributed by atoms with Crippen LogP contribution in [0.25, 0.3) is 0 Å². The van der Waals surface area contributed by atoms with Gasteiger partial charge in [-0.2, -0.15) is 11.8 Å². The van der Waals surface area contributed by atoms with Crippen molar-refractivity contribution in [3.63, 3.8) is 0 Å². The third kappa shape index (κ3) is 3.66. The van der Waals surface area contributed by atoms with Crippen LogP contribution in [-0.2, 0) is 5.75 Å². The van der Waals surface area contributed by atoms with E-state index in [2.05, 4.69) is 29.3 Å². The van der Waals surface area contributed by atoms with E-state index in [4.69, 9.17) is 0 Å². The summed E-state index contributed by atoms with van der Waals surface area (Å²) >= 11 is 1.91. The van der Waals surface area contributed by atoms with Crippen molar-refractivity contribution in [2.75, 3.05) is 31.9 Å². The Bertz CT molecular complexity index is 488. The highest BCUT2D eigenvalue weighted by Gasteiger charge is 2.31. The Hall–Kier alpha value is -1.00. The number of likely N-dealkylation sites (tertiary alicyclic amines) is 1. The molecule has 1 amide bonds. The number of fused-ring (bicyclic) bond motifs is 1. The van der Waals surface area contributed by atoms with Gasteiger partial charge in [0.25, 0.3) is 5.91 Å². The SMILES string of the molecule is CCSCc1ccc(C(=O)N2CC[C@@H]3CNC[C@@H]3CC2)cc1. The van der Waals surface area contributed by atoms with Crippen LogP contribution in [0, 0.1) is 11.8 Å². The molecule has 3 rings (SSSR count). The standard InChI is InChI=1S/C18H26N2OS/c1-2-22-13-14-3-5-15(6-4-14)18(21)20-9-7-16-11-19-12-17(16)8-10-20/h3-6,16-17,19H,2,7-13H2,1H3/t16-,17+. The van der Waals surface area contributed by atoms with Gasteiger partial charge in [-0.25, -0.2) is 0 Å². The molecule has 2 saturated heterocycles. The number of carbonyl (C=O) groups is 1. The van der Waals surface area contributed by atoms with Crippen LogP contribution in [0.5, 0.6) is 0 Å². The highest BCUT2D eigenvalue weighted by Crippen LogP contribution is 2.27. The summed E-state index contributed by atoms with van der Waals surface area (Å²) in [5.74, 6) is 3.91. The van der Waals surface area contributed by atoms with Gasteiger partial charge in [0.15, 0.2) is 0 Å². The fourth-order valence-corrected chi connectivity index (χ4v) is 4.20. The second-order valence-electron chi connectivity index (χ2n) is 6.38. The van der Waals surface area contributed by atoms with Gasteiger partial charge in [-0.3, -0.25) is 4.79 Å². The van der Waals surface area contributed by atoms with Crippen LogP contribution in [0.2, 0.25) is 0 Å². The van der Waals surface area contributed by atoms with E-state index in [0.29, 0.717) is 0 Å². The molecule has 2 fully saturated rings. The largest absolute Gasteiger partial charge is 0.339 e. The van der Waals surface area contributed by atoms with Gasteiger partial charge >= 0.3 is 0 Å².